The highest BCUT2D eigenvalue weighted by Gasteiger charge is 2.43. The molecule has 216 valence electrons. The Labute approximate surface area is 247 Å². The third kappa shape index (κ3) is 6.33. The zero-order valence-electron chi connectivity index (χ0n) is 22.4. The predicted octanol–water partition coefficient (Wildman–Crippen LogP) is 4.75. The number of carboxylic acid groups (broad SMARTS) is 1. The number of aliphatic hydroxyl groups is 1. The van der Waals surface area contributed by atoms with Gasteiger partial charge in [0.15, 0.2) is 0 Å². The van der Waals surface area contributed by atoms with Gasteiger partial charge in [0.1, 0.15) is 11.9 Å². The van der Waals surface area contributed by atoms with Crippen molar-refractivity contribution in [2.75, 3.05) is 17.5 Å². The highest BCUT2D eigenvalue weighted by Crippen LogP contribution is 2.37. The summed E-state index contributed by atoms with van der Waals surface area (Å²) in [5.74, 6) is -1.27. The lowest BCUT2D eigenvalue weighted by Crippen LogP contribution is -2.52. The highest BCUT2D eigenvalue weighted by atomic mass is 35.5. The van der Waals surface area contributed by atoms with Crippen LogP contribution in [0.3, 0.4) is 0 Å². The molecule has 0 aliphatic carbocycles. The van der Waals surface area contributed by atoms with Crippen molar-refractivity contribution < 1.29 is 28.2 Å². The Morgan fingerprint density at radius 3 is 2.34 bits per heavy atom. The van der Waals surface area contributed by atoms with Crippen molar-refractivity contribution in [2.45, 2.75) is 31.7 Å². The third-order valence-electron chi connectivity index (χ3n) is 6.26. The number of sulfonamides is 1. The first kappa shape index (κ1) is 30.3. The fourth-order valence-corrected chi connectivity index (χ4v) is 6.98. The zero-order valence-corrected chi connectivity index (χ0v) is 24.7. The maximum Gasteiger partial charge on any atom is 0.328 e. The van der Waals surface area contributed by atoms with Crippen LogP contribution in [0.2, 0.25) is 10.0 Å². The molecule has 0 radical (unpaired) electrons. The van der Waals surface area contributed by atoms with Crippen molar-refractivity contribution in [2.24, 2.45) is 5.41 Å². The fourth-order valence-electron chi connectivity index (χ4n) is 4.47. The number of carbonyl (C=O) groups excluding carboxylic acids is 1. The van der Waals surface area contributed by atoms with Crippen LogP contribution in [0.15, 0.2) is 71.9 Å². The number of anilines is 1. The van der Waals surface area contributed by atoms with Gasteiger partial charge in [-0.25, -0.2) is 18.2 Å². The average molecular weight is 620 g/mol. The van der Waals surface area contributed by atoms with Crippen LogP contribution in [-0.4, -0.2) is 59.3 Å². The van der Waals surface area contributed by atoms with Crippen LogP contribution >= 0.6 is 23.2 Å². The molecule has 0 spiro atoms. The van der Waals surface area contributed by atoms with Crippen LogP contribution in [0, 0.1) is 5.41 Å². The summed E-state index contributed by atoms with van der Waals surface area (Å²) < 4.78 is 30.7. The third-order valence-corrected chi connectivity index (χ3v) is 8.47. The van der Waals surface area contributed by atoms with Crippen LogP contribution in [-0.2, 0) is 14.8 Å². The Bertz CT molecular complexity index is 1710. The number of amides is 1. The maximum atomic E-state index is 14.0. The number of rotatable bonds is 9. The molecule has 1 amide bonds. The van der Waals surface area contributed by atoms with Gasteiger partial charge in [-0.1, -0.05) is 44.0 Å². The van der Waals surface area contributed by atoms with Crippen LogP contribution in [0.25, 0.3) is 16.7 Å². The molecule has 0 aliphatic rings. The van der Waals surface area contributed by atoms with Crippen molar-refractivity contribution in [3.8, 4) is 5.82 Å². The number of hydrogen-bond donors (Lipinski definition) is 3. The molecule has 1 atom stereocenters. The second kappa shape index (κ2) is 11.7. The van der Waals surface area contributed by atoms with Gasteiger partial charge in [-0.3, -0.25) is 9.10 Å². The first-order valence-corrected chi connectivity index (χ1v) is 14.6. The number of hydrogen-bond acceptors (Lipinski definition) is 6. The summed E-state index contributed by atoms with van der Waals surface area (Å²) in [5.41, 5.74) is 0.0934. The molecule has 0 fully saturated rings. The molecule has 0 saturated heterocycles. The van der Waals surface area contributed by atoms with Crippen molar-refractivity contribution in [3.63, 3.8) is 0 Å². The monoisotopic (exact) mass is 618 g/mol. The molecule has 4 rings (SSSR count). The predicted molar refractivity (Wildman–Crippen MR) is 157 cm³/mol. The Morgan fingerprint density at radius 1 is 1.05 bits per heavy atom. The number of pyridine rings is 1. The summed E-state index contributed by atoms with van der Waals surface area (Å²) in [5, 5.41) is 22.6. The Morgan fingerprint density at radius 2 is 1.73 bits per heavy atom. The van der Waals surface area contributed by atoms with Gasteiger partial charge in [-0.05, 0) is 60.0 Å². The number of halogens is 2. The van der Waals surface area contributed by atoms with Crippen molar-refractivity contribution in [1.82, 2.24) is 14.9 Å². The number of carbonyl (C=O) groups is 2. The number of nitrogens with one attached hydrogen (secondary N) is 1. The lowest BCUT2D eigenvalue weighted by Gasteiger charge is -2.37. The van der Waals surface area contributed by atoms with Crippen molar-refractivity contribution in [3.05, 3.63) is 82.6 Å². The Hall–Kier alpha value is -3.64. The summed E-state index contributed by atoms with van der Waals surface area (Å²) in [6, 6.07) is 12.0. The molecule has 0 bridgehead atoms. The molecule has 2 heterocycles. The van der Waals surface area contributed by atoms with Crippen LogP contribution in [0.4, 0.5) is 5.69 Å². The number of fused-ring (bicyclic) bond motifs is 1. The summed E-state index contributed by atoms with van der Waals surface area (Å²) in [4.78, 5) is 29.0. The molecule has 0 aliphatic heterocycles. The zero-order chi connectivity index (χ0) is 30.1. The molecule has 41 heavy (non-hydrogen) atoms. The van der Waals surface area contributed by atoms with Gasteiger partial charge in [0.05, 0.1) is 22.7 Å². The van der Waals surface area contributed by atoms with Gasteiger partial charge < -0.3 is 20.1 Å². The van der Waals surface area contributed by atoms with E-state index in [9.17, 15) is 23.1 Å². The average Bonchev–Trinajstić information content (AvgIpc) is 3.32. The van der Waals surface area contributed by atoms with E-state index in [0.29, 0.717) is 22.3 Å². The molecule has 1 unspecified atom stereocenters. The van der Waals surface area contributed by atoms with Gasteiger partial charge in [0.25, 0.3) is 15.9 Å². The second-order valence-electron chi connectivity index (χ2n) is 10.3. The maximum absolute atomic E-state index is 14.0. The summed E-state index contributed by atoms with van der Waals surface area (Å²) in [6.07, 6.45) is 3.19. The normalized spacial score (nSPS) is 12.7. The second-order valence-corrected chi connectivity index (χ2v) is 13.0. The number of nitrogens with zero attached hydrogens (tertiary/aromatic N) is 3. The van der Waals surface area contributed by atoms with E-state index in [2.05, 4.69) is 10.3 Å². The van der Waals surface area contributed by atoms with E-state index in [1.54, 1.807) is 61.9 Å². The van der Waals surface area contributed by atoms with E-state index in [-0.39, 0.29) is 39.7 Å². The van der Waals surface area contributed by atoms with Crippen molar-refractivity contribution >= 4 is 61.7 Å². The van der Waals surface area contributed by atoms with Crippen LogP contribution in [0.5, 0.6) is 0 Å². The standard InChI is InChI=1S/C28H28Cl2N4O6S/c1-28(2,3)25(27(37)38)34(41(39,40)22-15-19(29)14-20(30)16-22)21-4-5-23-17(12-21)7-10-33(23)24-13-18(6-8-31-24)26(36)32-9-11-35/h4-8,10,12-16,25,35H,9,11H2,1-3H3,(H,32,36)(H,37,38). The molecule has 3 N–H and O–H groups in total. The summed E-state index contributed by atoms with van der Waals surface area (Å²) in [7, 11) is -4.46. The van der Waals surface area contributed by atoms with Crippen LogP contribution < -0.4 is 9.62 Å². The lowest BCUT2D eigenvalue weighted by molar-refractivity contribution is -0.140. The van der Waals surface area contributed by atoms with E-state index in [0.717, 1.165) is 4.31 Å². The van der Waals surface area contributed by atoms with Gasteiger partial charge >= 0.3 is 5.97 Å². The van der Waals surface area contributed by atoms with E-state index in [1.807, 2.05) is 0 Å². The number of benzene rings is 2. The highest BCUT2D eigenvalue weighted by molar-refractivity contribution is 7.93. The quantitative estimate of drug-likeness (QED) is 0.246. The number of aliphatic carboxylic acids is 1. The number of carboxylic acids is 1. The minimum atomic E-state index is -4.46. The first-order valence-electron chi connectivity index (χ1n) is 12.4. The van der Waals surface area contributed by atoms with E-state index in [1.165, 1.54) is 30.5 Å². The SMILES string of the molecule is CC(C)(C)C(C(=O)O)N(c1ccc2c(ccn2-c2cc(C(=O)NCCO)ccn2)c1)S(=O)(=O)c1cc(Cl)cc(Cl)c1. The lowest BCUT2D eigenvalue weighted by atomic mass is 9.86. The molecule has 10 nitrogen and oxygen atoms in total. The van der Waals surface area contributed by atoms with Gasteiger partial charge in [0.2, 0.25) is 0 Å². The molecular formula is C28H28Cl2N4O6S. The molecule has 13 heteroatoms. The van der Waals surface area contributed by atoms with Crippen molar-refractivity contribution in [1.29, 1.82) is 0 Å². The van der Waals surface area contributed by atoms with E-state index >= 15 is 0 Å². The van der Waals surface area contributed by atoms with Gasteiger partial charge in [-0.15, -0.1) is 0 Å². The fraction of sp³-hybridized carbons (Fsp3) is 0.250. The first-order chi connectivity index (χ1) is 19.2. The number of aromatic nitrogens is 2. The Balaban J connectivity index is 1.85. The number of aliphatic hydroxyl groups excluding tert-OH is 1. The van der Waals surface area contributed by atoms with Gasteiger partial charge in [0, 0.05) is 39.9 Å². The Kier molecular flexibility index (Phi) is 8.65. The molecular weight excluding hydrogens is 591 g/mol. The van der Waals surface area contributed by atoms with E-state index in [4.69, 9.17) is 28.3 Å². The minimum Gasteiger partial charge on any atom is -0.480 e. The summed E-state index contributed by atoms with van der Waals surface area (Å²) in [6.45, 7) is 4.85. The molecule has 0 saturated carbocycles. The largest absolute Gasteiger partial charge is 0.480 e. The smallest absolute Gasteiger partial charge is 0.328 e. The molecule has 2 aromatic heterocycles. The summed E-state index contributed by atoms with van der Waals surface area (Å²) >= 11 is 12.2. The van der Waals surface area contributed by atoms with Crippen LogP contribution in [0.1, 0.15) is 31.1 Å². The topological polar surface area (TPSA) is 142 Å². The van der Waals surface area contributed by atoms with E-state index < -0.39 is 27.4 Å². The van der Waals surface area contributed by atoms with Gasteiger partial charge in [-0.2, -0.15) is 0 Å². The molecule has 2 aromatic carbocycles. The molecule has 4 aromatic rings. The minimum absolute atomic E-state index is 0.0889.